The fourth-order valence-corrected chi connectivity index (χ4v) is 3.47. The Morgan fingerprint density at radius 1 is 1.16 bits per heavy atom. The number of methoxy groups -OCH3 is 3. The Balaban J connectivity index is 2.25. The molecule has 2 rings (SSSR count). The van der Waals surface area contributed by atoms with Crippen LogP contribution in [0.4, 0.5) is 0 Å². The van der Waals surface area contributed by atoms with Gasteiger partial charge < -0.3 is 18.9 Å². The number of benzene rings is 1. The molecule has 1 aliphatic heterocycles. The summed E-state index contributed by atoms with van der Waals surface area (Å²) in [5.74, 6) is -0.212. The van der Waals surface area contributed by atoms with Gasteiger partial charge in [-0.05, 0) is 31.0 Å². The van der Waals surface area contributed by atoms with Crippen LogP contribution in [0, 0.1) is 0 Å². The van der Waals surface area contributed by atoms with Crippen molar-refractivity contribution in [2.45, 2.75) is 24.7 Å². The van der Waals surface area contributed by atoms with E-state index in [4.69, 9.17) is 14.2 Å². The van der Waals surface area contributed by atoms with Crippen LogP contribution in [0.25, 0.3) is 0 Å². The van der Waals surface area contributed by atoms with E-state index in [1.54, 1.807) is 12.1 Å². The number of thioether (sulfide) groups is 1. The van der Waals surface area contributed by atoms with Gasteiger partial charge in [0.1, 0.15) is 5.25 Å². The van der Waals surface area contributed by atoms with Crippen molar-refractivity contribution in [2.24, 2.45) is 0 Å². The van der Waals surface area contributed by atoms with Crippen LogP contribution < -0.4 is 9.47 Å². The molecule has 0 radical (unpaired) electrons. The Kier molecular flexibility index (Phi) is 6.30. The lowest BCUT2D eigenvalue weighted by Gasteiger charge is -2.17. The van der Waals surface area contributed by atoms with Crippen LogP contribution in [0.15, 0.2) is 12.1 Å². The highest BCUT2D eigenvalue weighted by Gasteiger charge is 2.31. The van der Waals surface area contributed by atoms with Crippen LogP contribution in [-0.2, 0) is 25.5 Å². The third-order valence-corrected chi connectivity index (χ3v) is 5.01. The van der Waals surface area contributed by atoms with Crippen LogP contribution in [0.1, 0.15) is 22.8 Å². The summed E-state index contributed by atoms with van der Waals surface area (Å²) < 4.78 is 20.2. The van der Waals surface area contributed by atoms with Gasteiger partial charge in [-0.1, -0.05) is 0 Å². The van der Waals surface area contributed by atoms with Gasteiger partial charge in [-0.25, -0.2) is 4.79 Å². The van der Waals surface area contributed by atoms with Crippen LogP contribution in [0.3, 0.4) is 0 Å². The second-order valence-corrected chi connectivity index (χ2v) is 6.58. The third-order valence-electron chi connectivity index (χ3n) is 3.82. The van der Waals surface area contributed by atoms with Crippen LogP contribution in [0.2, 0.25) is 0 Å². The molecule has 1 heterocycles. The van der Waals surface area contributed by atoms with Crippen molar-refractivity contribution < 1.29 is 33.3 Å². The summed E-state index contributed by atoms with van der Waals surface area (Å²) >= 11 is 1.19. The molecule has 1 aromatic rings. The number of Topliss-reactive ketones (excluding diaryl/α,β-unsaturated/α-hetero) is 1. The Bertz CT molecular complexity index is 686. The van der Waals surface area contributed by atoms with E-state index in [0.717, 1.165) is 0 Å². The summed E-state index contributed by atoms with van der Waals surface area (Å²) in [7, 11) is 4.22. The summed E-state index contributed by atoms with van der Waals surface area (Å²) in [5, 5.41) is -0.601. The Labute approximate surface area is 150 Å². The van der Waals surface area contributed by atoms with Crippen molar-refractivity contribution >= 4 is 29.5 Å². The monoisotopic (exact) mass is 368 g/mol. The standard InChI is InChI=1S/C17H20O7S/c1-9(16(19)23-4)24-17(20)15-6-10-5-13(21-2)14(22-3)7-11(10)12(18)8-25-15/h5,7,9,15H,6,8H2,1-4H3/t9-,15-/m1/s1. The first-order chi connectivity index (χ1) is 11.9. The van der Waals surface area contributed by atoms with Crippen LogP contribution in [0.5, 0.6) is 11.5 Å². The largest absolute Gasteiger partial charge is 0.493 e. The summed E-state index contributed by atoms with van der Waals surface area (Å²) in [6.07, 6.45) is -0.708. The molecule has 0 spiro atoms. The Hall–Kier alpha value is -2.22. The molecule has 0 saturated heterocycles. The first-order valence-electron chi connectivity index (χ1n) is 7.59. The van der Waals surface area contributed by atoms with Crippen molar-refractivity contribution in [1.82, 2.24) is 0 Å². The summed E-state index contributed by atoms with van der Waals surface area (Å²) in [6, 6.07) is 3.32. The quantitative estimate of drug-likeness (QED) is 0.725. The predicted molar refractivity (Wildman–Crippen MR) is 91.4 cm³/mol. The molecule has 25 heavy (non-hydrogen) atoms. The molecule has 1 aromatic carbocycles. The van der Waals surface area contributed by atoms with E-state index in [9.17, 15) is 14.4 Å². The minimum atomic E-state index is -0.998. The molecule has 0 fully saturated rings. The number of ether oxygens (including phenoxy) is 4. The average molecular weight is 368 g/mol. The van der Waals surface area contributed by atoms with E-state index in [1.807, 2.05) is 0 Å². The molecule has 0 aliphatic carbocycles. The zero-order chi connectivity index (χ0) is 18.6. The number of rotatable bonds is 5. The van der Waals surface area contributed by atoms with Gasteiger partial charge in [0.15, 0.2) is 23.4 Å². The maximum atomic E-state index is 12.4. The van der Waals surface area contributed by atoms with E-state index in [0.29, 0.717) is 29.0 Å². The number of fused-ring (bicyclic) bond motifs is 1. The molecule has 2 atom stereocenters. The number of hydrogen-bond acceptors (Lipinski definition) is 8. The van der Waals surface area contributed by atoms with E-state index >= 15 is 0 Å². The topological polar surface area (TPSA) is 88.1 Å². The smallest absolute Gasteiger partial charge is 0.346 e. The van der Waals surface area contributed by atoms with Crippen molar-refractivity contribution in [3.8, 4) is 11.5 Å². The van der Waals surface area contributed by atoms with Crippen LogP contribution >= 0.6 is 11.8 Å². The maximum Gasteiger partial charge on any atom is 0.346 e. The summed E-state index contributed by atoms with van der Waals surface area (Å²) in [5.41, 5.74) is 1.18. The number of ketones is 1. The molecule has 0 aromatic heterocycles. The van der Waals surface area contributed by atoms with Gasteiger partial charge in [0.25, 0.3) is 0 Å². The second-order valence-electron chi connectivity index (χ2n) is 5.39. The predicted octanol–water partition coefficient (Wildman–Crippen LogP) is 1.65. The normalized spacial score (nSPS) is 17.8. The van der Waals surface area contributed by atoms with Crippen molar-refractivity contribution in [2.75, 3.05) is 27.1 Å². The van der Waals surface area contributed by atoms with Gasteiger partial charge in [0, 0.05) is 5.56 Å². The Morgan fingerprint density at radius 3 is 2.40 bits per heavy atom. The van der Waals surface area contributed by atoms with Crippen molar-refractivity contribution in [3.05, 3.63) is 23.3 Å². The van der Waals surface area contributed by atoms with Gasteiger partial charge >= 0.3 is 11.9 Å². The zero-order valence-corrected chi connectivity index (χ0v) is 15.3. The highest BCUT2D eigenvalue weighted by molar-refractivity contribution is 8.01. The molecule has 0 bridgehead atoms. The number of esters is 2. The highest BCUT2D eigenvalue weighted by Crippen LogP contribution is 2.35. The van der Waals surface area contributed by atoms with Crippen molar-refractivity contribution in [1.29, 1.82) is 0 Å². The van der Waals surface area contributed by atoms with Gasteiger partial charge in [0.2, 0.25) is 0 Å². The first kappa shape index (κ1) is 19.1. The van der Waals surface area contributed by atoms with E-state index in [-0.39, 0.29) is 11.5 Å². The fourth-order valence-electron chi connectivity index (χ4n) is 2.48. The lowest BCUT2D eigenvalue weighted by molar-refractivity contribution is -0.164. The minimum Gasteiger partial charge on any atom is -0.493 e. The number of carbonyl (C=O) groups excluding carboxylic acids is 3. The minimum absolute atomic E-state index is 0.0998. The molecule has 8 heteroatoms. The first-order valence-corrected chi connectivity index (χ1v) is 8.64. The molecule has 1 aliphatic rings. The summed E-state index contributed by atoms with van der Waals surface area (Å²) in [4.78, 5) is 36.1. The van der Waals surface area contributed by atoms with Gasteiger partial charge in [-0.3, -0.25) is 9.59 Å². The molecular weight excluding hydrogens is 348 g/mol. The zero-order valence-electron chi connectivity index (χ0n) is 14.5. The molecule has 7 nitrogen and oxygen atoms in total. The van der Waals surface area contributed by atoms with E-state index in [1.165, 1.54) is 40.0 Å². The molecule has 0 N–H and O–H groups in total. The van der Waals surface area contributed by atoms with Crippen LogP contribution in [-0.4, -0.2) is 56.2 Å². The molecule has 0 saturated carbocycles. The molecule has 136 valence electrons. The number of hydrogen-bond donors (Lipinski definition) is 0. The average Bonchev–Trinajstić information content (AvgIpc) is 2.78. The summed E-state index contributed by atoms with van der Waals surface area (Å²) in [6.45, 7) is 1.44. The fraction of sp³-hybridized carbons (Fsp3) is 0.471. The molecule has 0 unspecified atom stereocenters. The Morgan fingerprint density at radius 2 is 1.80 bits per heavy atom. The van der Waals surface area contributed by atoms with Gasteiger partial charge in [0.05, 0.1) is 27.1 Å². The third kappa shape index (κ3) is 4.25. The lowest BCUT2D eigenvalue weighted by atomic mass is 9.99. The SMILES string of the molecule is COC(=O)[C@@H](C)OC(=O)[C@H]1Cc2cc(OC)c(OC)cc2C(=O)CS1. The maximum absolute atomic E-state index is 12.4. The van der Waals surface area contributed by atoms with E-state index in [2.05, 4.69) is 4.74 Å². The van der Waals surface area contributed by atoms with E-state index < -0.39 is 23.3 Å². The molecular formula is C17H20O7S. The van der Waals surface area contributed by atoms with Gasteiger partial charge in [-0.2, -0.15) is 0 Å². The lowest BCUT2D eigenvalue weighted by Crippen LogP contribution is -2.31. The second kappa shape index (κ2) is 8.24. The molecule has 0 amide bonds. The van der Waals surface area contributed by atoms with Gasteiger partial charge in [-0.15, -0.1) is 11.8 Å². The van der Waals surface area contributed by atoms with Crippen molar-refractivity contribution in [3.63, 3.8) is 0 Å². The highest BCUT2D eigenvalue weighted by atomic mass is 32.2. The number of carbonyl (C=O) groups is 3.